The largest absolute Gasteiger partial charge is 0.351 e. The molecule has 3 heterocycles. The number of amides is 2. The lowest BCUT2D eigenvalue weighted by atomic mass is 9.99. The van der Waals surface area contributed by atoms with Crippen molar-refractivity contribution in [2.24, 2.45) is 0 Å². The van der Waals surface area contributed by atoms with Crippen molar-refractivity contribution in [3.8, 4) is 0 Å². The molecule has 1 N–H and O–H groups in total. The molecule has 0 spiro atoms. The molecule has 18 heavy (non-hydrogen) atoms. The Labute approximate surface area is 109 Å². The first kappa shape index (κ1) is 11.6. The van der Waals surface area contributed by atoms with Gasteiger partial charge in [0.15, 0.2) is 0 Å². The van der Waals surface area contributed by atoms with Crippen LogP contribution in [-0.2, 0) is 4.79 Å². The monoisotopic (exact) mass is 265 g/mol. The van der Waals surface area contributed by atoms with E-state index >= 15 is 0 Å². The fourth-order valence-corrected chi connectivity index (χ4v) is 3.38. The number of likely N-dealkylation sites (tertiary alicyclic amines) is 1. The van der Waals surface area contributed by atoms with Gasteiger partial charge in [-0.2, -0.15) is 0 Å². The van der Waals surface area contributed by atoms with E-state index in [9.17, 15) is 9.59 Å². The molecule has 0 unspecified atom stereocenters. The van der Waals surface area contributed by atoms with E-state index in [4.69, 9.17) is 0 Å². The Balaban J connectivity index is 1.77. The molecule has 2 atom stereocenters. The number of thiazole rings is 1. The van der Waals surface area contributed by atoms with Crippen LogP contribution in [0, 0.1) is 6.92 Å². The average Bonchev–Trinajstić information content (AvgIpc) is 2.94. The Hall–Kier alpha value is -1.43. The van der Waals surface area contributed by atoms with Gasteiger partial charge in [-0.15, -0.1) is 11.3 Å². The zero-order valence-corrected chi connectivity index (χ0v) is 11.0. The van der Waals surface area contributed by atoms with Crippen LogP contribution in [0.4, 0.5) is 0 Å². The number of piperidine rings is 1. The van der Waals surface area contributed by atoms with Crippen LogP contribution in [0.1, 0.15) is 34.8 Å². The van der Waals surface area contributed by atoms with Crippen molar-refractivity contribution < 1.29 is 9.59 Å². The van der Waals surface area contributed by atoms with Crippen molar-refractivity contribution >= 4 is 23.2 Å². The number of aromatic nitrogens is 1. The number of hydrogen-bond donors (Lipinski definition) is 1. The Kier molecular flexibility index (Phi) is 2.81. The number of nitrogens with one attached hydrogen (secondary N) is 1. The first-order valence-electron chi connectivity index (χ1n) is 6.17. The summed E-state index contributed by atoms with van der Waals surface area (Å²) >= 11 is 1.49. The van der Waals surface area contributed by atoms with Gasteiger partial charge in [0.2, 0.25) is 5.91 Å². The van der Waals surface area contributed by atoms with E-state index in [1.165, 1.54) is 11.3 Å². The van der Waals surface area contributed by atoms with Gasteiger partial charge in [-0.25, -0.2) is 4.98 Å². The Morgan fingerprint density at radius 1 is 1.56 bits per heavy atom. The summed E-state index contributed by atoms with van der Waals surface area (Å²) in [4.78, 5) is 29.8. The molecule has 96 valence electrons. The molecule has 0 aliphatic carbocycles. The maximum Gasteiger partial charge on any atom is 0.273 e. The van der Waals surface area contributed by atoms with Crippen molar-refractivity contribution in [1.29, 1.82) is 0 Å². The zero-order valence-electron chi connectivity index (χ0n) is 10.2. The Morgan fingerprint density at radius 3 is 3.11 bits per heavy atom. The molecule has 0 bridgehead atoms. The van der Waals surface area contributed by atoms with Crippen LogP contribution >= 0.6 is 11.3 Å². The number of nitrogens with zero attached hydrogens (tertiary/aromatic N) is 2. The lowest BCUT2D eigenvalue weighted by Gasteiger charge is -2.31. The van der Waals surface area contributed by atoms with E-state index in [1.54, 1.807) is 0 Å². The molecule has 1 aromatic rings. The highest BCUT2D eigenvalue weighted by molar-refractivity contribution is 7.09. The van der Waals surface area contributed by atoms with Crippen LogP contribution in [0.25, 0.3) is 0 Å². The van der Waals surface area contributed by atoms with Gasteiger partial charge < -0.3 is 10.2 Å². The SMILES string of the molecule is Cc1nc(C(=O)N2CC[C@@H]3NC(=O)CC[C@@H]32)cs1. The topological polar surface area (TPSA) is 62.3 Å². The normalized spacial score (nSPS) is 26.9. The highest BCUT2D eigenvalue weighted by atomic mass is 32.1. The molecule has 1 aromatic heterocycles. The average molecular weight is 265 g/mol. The molecule has 2 aliphatic heterocycles. The van der Waals surface area contributed by atoms with E-state index in [0.29, 0.717) is 18.7 Å². The van der Waals surface area contributed by atoms with Crippen molar-refractivity contribution in [3.05, 3.63) is 16.1 Å². The first-order chi connectivity index (χ1) is 8.65. The second kappa shape index (κ2) is 4.35. The lowest BCUT2D eigenvalue weighted by molar-refractivity contribution is -0.123. The number of carbonyl (C=O) groups is 2. The summed E-state index contributed by atoms with van der Waals surface area (Å²) in [7, 11) is 0. The minimum Gasteiger partial charge on any atom is -0.351 e. The van der Waals surface area contributed by atoms with E-state index in [2.05, 4.69) is 10.3 Å². The lowest BCUT2D eigenvalue weighted by Crippen LogP contribution is -2.50. The fourth-order valence-electron chi connectivity index (χ4n) is 2.80. The zero-order chi connectivity index (χ0) is 12.7. The van der Waals surface area contributed by atoms with Crippen LogP contribution < -0.4 is 5.32 Å². The summed E-state index contributed by atoms with van der Waals surface area (Å²) in [6.07, 6.45) is 2.14. The van der Waals surface area contributed by atoms with Gasteiger partial charge in [-0.1, -0.05) is 0 Å². The van der Waals surface area contributed by atoms with Crippen LogP contribution in [0.5, 0.6) is 0 Å². The maximum absolute atomic E-state index is 12.4. The van der Waals surface area contributed by atoms with Crippen LogP contribution in [0.2, 0.25) is 0 Å². The third-order valence-corrected chi connectivity index (χ3v) is 4.43. The molecular formula is C12H15N3O2S. The number of rotatable bonds is 1. The molecule has 2 aliphatic rings. The van der Waals surface area contributed by atoms with Gasteiger partial charge in [0, 0.05) is 18.3 Å². The molecule has 2 amide bonds. The Morgan fingerprint density at radius 2 is 2.39 bits per heavy atom. The summed E-state index contributed by atoms with van der Waals surface area (Å²) in [5, 5.41) is 5.69. The minimum atomic E-state index is 0.00278. The second-order valence-electron chi connectivity index (χ2n) is 4.82. The van der Waals surface area contributed by atoms with Gasteiger partial charge in [0.1, 0.15) is 5.69 Å². The van der Waals surface area contributed by atoms with Gasteiger partial charge in [-0.3, -0.25) is 9.59 Å². The molecule has 0 saturated carbocycles. The van der Waals surface area contributed by atoms with Crippen molar-refractivity contribution in [1.82, 2.24) is 15.2 Å². The summed E-state index contributed by atoms with van der Waals surface area (Å²) in [5.41, 5.74) is 0.537. The smallest absolute Gasteiger partial charge is 0.273 e. The van der Waals surface area contributed by atoms with Crippen molar-refractivity contribution in [2.75, 3.05) is 6.54 Å². The molecule has 0 aromatic carbocycles. The van der Waals surface area contributed by atoms with E-state index in [0.717, 1.165) is 17.8 Å². The number of hydrogen-bond acceptors (Lipinski definition) is 4. The van der Waals surface area contributed by atoms with E-state index < -0.39 is 0 Å². The molecule has 2 saturated heterocycles. The third kappa shape index (κ3) is 1.90. The fraction of sp³-hybridized carbons (Fsp3) is 0.583. The summed E-state index contributed by atoms with van der Waals surface area (Å²) < 4.78 is 0. The quantitative estimate of drug-likeness (QED) is 0.822. The molecule has 3 rings (SSSR count). The van der Waals surface area contributed by atoms with Crippen molar-refractivity contribution in [3.63, 3.8) is 0 Å². The van der Waals surface area contributed by atoms with Crippen LogP contribution in [-0.4, -0.2) is 40.3 Å². The van der Waals surface area contributed by atoms with Crippen molar-refractivity contribution in [2.45, 2.75) is 38.3 Å². The number of fused-ring (bicyclic) bond motifs is 1. The highest BCUT2D eigenvalue weighted by Gasteiger charge is 2.40. The maximum atomic E-state index is 12.4. The van der Waals surface area contributed by atoms with Crippen LogP contribution in [0.15, 0.2) is 5.38 Å². The third-order valence-electron chi connectivity index (χ3n) is 3.66. The standard InChI is InChI=1S/C12H15N3O2S/c1-7-13-9(6-18-7)12(17)15-5-4-8-10(15)2-3-11(16)14-8/h6,8,10H,2-5H2,1H3,(H,14,16)/t8-,10-/m0/s1. The summed E-state index contributed by atoms with van der Waals surface area (Å²) in [6.45, 7) is 2.61. The predicted molar refractivity (Wildman–Crippen MR) is 67.5 cm³/mol. The highest BCUT2D eigenvalue weighted by Crippen LogP contribution is 2.27. The molecule has 2 fully saturated rings. The number of aryl methyl sites for hydroxylation is 1. The molecule has 6 heteroatoms. The minimum absolute atomic E-state index is 0.00278. The summed E-state index contributed by atoms with van der Waals surface area (Å²) in [6, 6.07) is 0.284. The first-order valence-corrected chi connectivity index (χ1v) is 7.05. The second-order valence-corrected chi connectivity index (χ2v) is 5.88. The van der Waals surface area contributed by atoms with Crippen LogP contribution in [0.3, 0.4) is 0 Å². The van der Waals surface area contributed by atoms with Gasteiger partial charge in [0.25, 0.3) is 5.91 Å². The molecule has 5 nitrogen and oxygen atoms in total. The molecule has 0 radical (unpaired) electrons. The van der Waals surface area contributed by atoms with Gasteiger partial charge >= 0.3 is 0 Å². The Bertz CT molecular complexity index is 499. The van der Waals surface area contributed by atoms with Gasteiger partial charge in [0.05, 0.1) is 17.1 Å². The number of carbonyl (C=O) groups excluding carboxylic acids is 2. The van der Waals surface area contributed by atoms with Gasteiger partial charge in [-0.05, 0) is 19.8 Å². The summed E-state index contributed by atoms with van der Waals surface area (Å²) in [5.74, 6) is 0.109. The van der Waals surface area contributed by atoms with E-state index in [1.807, 2.05) is 17.2 Å². The molecular weight excluding hydrogens is 250 g/mol. The predicted octanol–water partition coefficient (Wildman–Crippen LogP) is 0.945. The van der Waals surface area contributed by atoms with E-state index in [-0.39, 0.29) is 23.9 Å².